The SMILES string of the molecule is CO/N=C(\C)c1cc(C)ccc1OC(C)=O. The van der Waals surface area contributed by atoms with Gasteiger partial charge in [-0.1, -0.05) is 16.8 Å². The molecule has 0 atom stereocenters. The molecule has 0 N–H and O–H groups in total. The van der Waals surface area contributed by atoms with Gasteiger partial charge in [0, 0.05) is 12.5 Å². The Balaban J connectivity index is 3.17. The molecule has 0 aromatic heterocycles. The lowest BCUT2D eigenvalue weighted by molar-refractivity contribution is -0.131. The number of ether oxygens (including phenoxy) is 1. The minimum absolute atomic E-state index is 0.352. The van der Waals surface area contributed by atoms with Crippen LogP contribution in [0.1, 0.15) is 25.0 Å². The third-order valence-electron chi connectivity index (χ3n) is 2.01. The van der Waals surface area contributed by atoms with Crippen molar-refractivity contribution in [3.05, 3.63) is 29.3 Å². The van der Waals surface area contributed by atoms with Gasteiger partial charge in [0.15, 0.2) is 0 Å². The van der Waals surface area contributed by atoms with Crippen LogP contribution < -0.4 is 4.74 Å². The van der Waals surface area contributed by atoms with Crippen LogP contribution in [-0.2, 0) is 9.63 Å². The van der Waals surface area contributed by atoms with Crippen molar-refractivity contribution < 1.29 is 14.4 Å². The molecule has 1 aromatic carbocycles. The van der Waals surface area contributed by atoms with Crippen molar-refractivity contribution >= 4 is 11.7 Å². The average Bonchev–Trinajstić information content (AvgIpc) is 2.20. The highest BCUT2D eigenvalue weighted by atomic mass is 16.6. The minimum Gasteiger partial charge on any atom is -0.426 e. The van der Waals surface area contributed by atoms with Crippen LogP contribution in [0.3, 0.4) is 0 Å². The first-order valence-electron chi connectivity index (χ1n) is 4.91. The number of esters is 1. The van der Waals surface area contributed by atoms with Crippen LogP contribution in [0.4, 0.5) is 0 Å². The van der Waals surface area contributed by atoms with Gasteiger partial charge in [0.2, 0.25) is 0 Å². The summed E-state index contributed by atoms with van der Waals surface area (Å²) in [5.41, 5.74) is 2.50. The van der Waals surface area contributed by atoms with E-state index in [4.69, 9.17) is 9.57 Å². The molecule has 0 spiro atoms. The number of oxime groups is 1. The van der Waals surface area contributed by atoms with Crippen molar-refractivity contribution in [1.82, 2.24) is 0 Å². The first-order valence-corrected chi connectivity index (χ1v) is 4.91. The summed E-state index contributed by atoms with van der Waals surface area (Å²) in [6, 6.07) is 5.53. The minimum atomic E-state index is -0.352. The third kappa shape index (κ3) is 3.08. The summed E-state index contributed by atoms with van der Waals surface area (Å²) < 4.78 is 5.09. The van der Waals surface area contributed by atoms with Crippen LogP contribution in [-0.4, -0.2) is 18.8 Å². The Hall–Kier alpha value is -1.84. The molecule has 0 aliphatic heterocycles. The Morgan fingerprint density at radius 3 is 2.56 bits per heavy atom. The van der Waals surface area contributed by atoms with Crippen LogP contribution in [0.15, 0.2) is 23.4 Å². The quantitative estimate of drug-likeness (QED) is 0.340. The van der Waals surface area contributed by atoms with Crippen LogP contribution in [0.2, 0.25) is 0 Å². The maximum absolute atomic E-state index is 10.9. The van der Waals surface area contributed by atoms with Crippen LogP contribution in [0.5, 0.6) is 5.75 Å². The monoisotopic (exact) mass is 221 g/mol. The fourth-order valence-electron chi connectivity index (χ4n) is 1.36. The second kappa shape index (κ2) is 5.30. The molecule has 1 aromatic rings. The lowest BCUT2D eigenvalue weighted by Crippen LogP contribution is -2.07. The molecule has 0 bridgehead atoms. The summed E-state index contributed by atoms with van der Waals surface area (Å²) in [5, 5.41) is 3.83. The van der Waals surface area contributed by atoms with Gasteiger partial charge < -0.3 is 9.57 Å². The van der Waals surface area contributed by atoms with Gasteiger partial charge in [-0.15, -0.1) is 0 Å². The number of aryl methyl sites for hydroxylation is 1. The van der Waals surface area contributed by atoms with Crippen molar-refractivity contribution in [3.63, 3.8) is 0 Å². The van der Waals surface area contributed by atoms with E-state index in [9.17, 15) is 4.79 Å². The molecule has 0 fully saturated rings. The number of carbonyl (C=O) groups is 1. The zero-order valence-corrected chi connectivity index (χ0v) is 9.90. The fraction of sp³-hybridized carbons (Fsp3) is 0.333. The summed E-state index contributed by atoms with van der Waals surface area (Å²) in [6.45, 7) is 5.12. The first kappa shape index (κ1) is 12.2. The fourth-order valence-corrected chi connectivity index (χ4v) is 1.36. The van der Waals surface area contributed by atoms with Gasteiger partial charge in [-0.25, -0.2) is 0 Å². The molecule has 0 radical (unpaired) electrons. The number of benzene rings is 1. The molecule has 0 saturated carbocycles. The molecule has 4 nitrogen and oxygen atoms in total. The lowest BCUT2D eigenvalue weighted by Gasteiger charge is -2.09. The molecule has 0 aliphatic rings. The molecule has 0 heterocycles. The van der Waals surface area contributed by atoms with Gasteiger partial charge in [0.1, 0.15) is 12.9 Å². The van der Waals surface area contributed by atoms with Gasteiger partial charge in [0.25, 0.3) is 0 Å². The lowest BCUT2D eigenvalue weighted by atomic mass is 10.1. The highest BCUT2D eigenvalue weighted by Crippen LogP contribution is 2.21. The summed E-state index contributed by atoms with van der Waals surface area (Å²) in [5.74, 6) is 0.145. The van der Waals surface area contributed by atoms with Crippen molar-refractivity contribution in [3.8, 4) is 5.75 Å². The van der Waals surface area contributed by atoms with E-state index in [0.717, 1.165) is 11.1 Å². The Morgan fingerprint density at radius 1 is 1.31 bits per heavy atom. The number of hydrogen-bond donors (Lipinski definition) is 0. The maximum atomic E-state index is 10.9. The van der Waals surface area contributed by atoms with Crippen molar-refractivity contribution in [2.24, 2.45) is 5.16 Å². The smallest absolute Gasteiger partial charge is 0.308 e. The molecule has 0 saturated heterocycles. The Kier molecular flexibility index (Phi) is 4.05. The molecule has 1 rings (SSSR count). The second-order valence-corrected chi connectivity index (χ2v) is 3.45. The predicted octanol–water partition coefficient (Wildman–Crippen LogP) is 2.29. The summed E-state index contributed by atoms with van der Waals surface area (Å²) >= 11 is 0. The normalized spacial score (nSPS) is 11.1. The summed E-state index contributed by atoms with van der Waals surface area (Å²) in [4.78, 5) is 15.6. The van der Waals surface area contributed by atoms with Crippen LogP contribution in [0.25, 0.3) is 0 Å². The van der Waals surface area contributed by atoms with Crippen molar-refractivity contribution in [2.75, 3.05) is 7.11 Å². The van der Waals surface area contributed by atoms with Gasteiger partial charge in [-0.2, -0.15) is 0 Å². The highest BCUT2D eigenvalue weighted by molar-refractivity contribution is 6.01. The molecule has 16 heavy (non-hydrogen) atoms. The summed E-state index contributed by atoms with van der Waals surface area (Å²) in [6.07, 6.45) is 0. The largest absolute Gasteiger partial charge is 0.426 e. The Morgan fingerprint density at radius 2 is 2.00 bits per heavy atom. The van der Waals surface area contributed by atoms with Crippen LogP contribution >= 0.6 is 0 Å². The second-order valence-electron chi connectivity index (χ2n) is 3.45. The Labute approximate surface area is 94.9 Å². The molecule has 0 aliphatic carbocycles. The standard InChI is InChI=1S/C12H15NO3/c1-8-5-6-12(16-10(3)14)11(7-8)9(2)13-15-4/h5-7H,1-4H3/b13-9+. The Bertz CT molecular complexity index is 424. The highest BCUT2D eigenvalue weighted by Gasteiger charge is 2.09. The van der Waals surface area contributed by atoms with E-state index in [0.29, 0.717) is 11.5 Å². The van der Waals surface area contributed by atoms with Crippen molar-refractivity contribution in [2.45, 2.75) is 20.8 Å². The van der Waals surface area contributed by atoms with Gasteiger partial charge in [-0.3, -0.25) is 4.79 Å². The van der Waals surface area contributed by atoms with E-state index < -0.39 is 0 Å². The third-order valence-corrected chi connectivity index (χ3v) is 2.01. The van der Waals surface area contributed by atoms with E-state index in [1.165, 1.54) is 14.0 Å². The van der Waals surface area contributed by atoms with Gasteiger partial charge in [-0.05, 0) is 26.0 Å². The van der Waals surface area contributed by atoms with Crippen molar-refractivity contribution in [1.29, 1.82) is 0 Å². The number of rotatable bonds is 3. The predicted molar refractivity (Wildman–Crippen MR) is 61.7 cm³/mol. The number of carbonyl (C=O) groups excluding carboxylic acids is 1. The zero-order chi connectivity index (χ0) is 12.1. The topological polar surface area (TPSA) is 47.9 Å². The molecule has 0 unspecified atom stereocenters. The summed E-state index contributed by atoms with van der Waals surface area (Å²) in [7, 11) is 1.48. The van der Waals surface area contributed by atoms with E-state index in [1.54, 1.807) is 13.0 Å². The van der Waals surface area contributed by atoms with Crippen LogP contribution in [0, 0.1) is 6.92 Å². The molecule has 0 amide bonds. The van der Waals surface area contributed by atoms with E-state index in [-0.39, 0.29) is 5.97 Å². The van der Waals surface area contributed by atoms with Gasteiger partial charge in [0.05, 0.1) is 5.71 Å². The van der Waals surface area contributed by atoms with Gasteiger partial charge >= 0.3 is 5.97 Å². The molecular weight excluding hydrogens is 206 g/mol. The number of nitrogens with zero attached hydrogens (tertiary/aromatic N) is 1. The van der Waals surface area contributed by atoms with E-state index in [1.807, 2.05) is 19.1 Å². The zero-order valence-electron chi connectivity index (χ0n) is 9.90. The molecule has 86 valence electrons. The molecular formula is C12H15NO3. The first-order chi connectivity index (χ1) is 7.54. The number of hydrogen-bond acceptors (Lipinski definition) is 4. The maximum Gasteiger partial charge on any atom is 0.308 e. The average molecular weight is 221 g/mol. The van der Waals surface area contributed by atoms with E-state index >= 15 is 0 Å². The van der Waals surface area contributed by atoms with E-state index in [2.05, 4.69) is 5.16 Å². The molecule has 4 heteroatoms.